The molecule has 2 rings (SSSR count). The van der Waals surface area contributed by atoms with Gasteiger partial charge in [-0.25, -0.2) is 0 Å². The summed E-state index contributed by atoms with van der Waals surface area (Å²) in [5.74, 6) is -0.116. The Morgan fingerprint density at radius 1 is 1.57 bits per heavy atom. The van der Waals surface area contributed by atoms with Crippen LogP contribution in [0.3, 0.4) is 0 Å². The monoisotopic (exact) mass is 312 g/mol. The van der Waals surface area contributed by atoms with E-state index in [2.05, 4.69) is 5.32 Å². The number of hydrogen-bond donors (Lipinski definition) is 2. The van der Waals surface area contributed by atoms with Crippen LogP contribution in [0.2, 0.25) is 5.02 Å². The molecule has 21 heavy (non-hydrogen) atoms. The molecule has 1 fully saturated rings. The number of ether oxygens (including phenoxy) is 2. The van der Waals surface area contributed by atoms with E-state index in [4.69, 9.17) is 26.8 Å². The molecule has 0 saturated carbocycles. The number of carbonyl (C=O) groups excluding carboxylic acids is 1. The third-order valence-electron chi connectivity index (χ3n) is 3.63. The Balaban J connectivity index is 1.87. The fourth-order valence-electron chi connectivity index (χ4n) is 2.42. The molecule has 0 aliphatic carbocycles. The van der Waals surface area contributed by atoms with Crippen molar-refractivity contribution in [3.8, 4) is 0 Å². The van der Waals surface area contributed by atoms with Crippen LogP contribution < -0.4 is 11.1 Å². The van der Waals surface area contributed by atoms with Crippen LogP contribution in [0.1, 0.15) is 24.5 Å². The largest absolute Gasteiger partial charge is 0.375 e. The highest BCUT2D eigenvalue weighted by Crippen LogP contribution is 2.21. The molecule has 1 heterocycles. The van der Waals surface area contributed by atoms with Gasteiger partial charge in [0.05, 0.1) is 12.2 Å². The summed E-state index contributed by atoms with van der Waals surface area (Å²) in [6, 6.07) is 7.41. The predicted octanol–water partition coefficient (Wildman–Crippen LogP) is 1.65. The van der Waals surface area contributed by atoms with Gasteiger partial charge in [-0.15, -0.1) is 0 Å². The highest BCUT2D eigenvalue weighted by molar-refractivity contribution is 6.30. The van der Waals surface area contributed by atoms with Gasteiger partial charge in [-0.05, 0) is 30.5 Å². The smallest absolute Gasteiger partial charge is 0.249 e. The number of amides is 1. The predicted molar refractivity (Wildman–Crippen MR) is 81.2 cm³/mol. The number of methoxy groups -OCH3 is 1. The molecule has 1 aromatic carbocycles. The van der Waals surface area contributed by atoms with Crippen molar-refractivity contribution in [3.05, 3.63) is 34.9 Å². The lowest BCUT2D eigenvalue weighted by Crippen LogP contribution is -2.38. The van der Waals surface area contributed by atoms with Crippen LogP contribution in [0.4, 0.5) is 0 Å². The molecule has 1 unspecified atom stereocenters. The molecule has 0 radical (unpaired) electrons. The van der Waals surface area contributed by atoms with Crippen molar-refractivity contribution in [1.29, 1.82) is 0 Å². The van der Waals surface area contributed by atoms with E-state index in [0.29, 0.717) is 24.5 Å². The van der Waals surface area contributed by atoms with Gasteiger partial charge in [0.2, 0.25) is 5.91 Å². The minimum atomic E-state index is -0.407. The lowest BCUT2D eigenvalue weighted by molar-refractivity contribution is -0.132. The number of benzene rings is 1. The quantitative estimate of drug-likeness (QED) is 0.837. The normalized spacial score (nSPS) is 23.0. The van der Waals surface area contributed by atoms with Crippen molar-refractivity contribution >= 4 is 17.5 Å². The molecule has 6 heteroatoms. The highest BCUT2D eigenvalue weighted by Gasteiger charge is 2.30. The Morgan fingerprint density at radius 2 is 2.38 bits per heavy atom. The van der Waals surface area contributed by atoms with Crippen molar-refractivity contribution in [3.63, 3.8) is 0 Å². The first-order valence-corrected chi connectivity index (χ1v) is 7.43. The Hall–Kier alpha value is -1.14. The summed E-state index contributed by atoms with van der Waals surface area (Å²) >= 11 is 5.97. The summed E-state index contributed by atoms with van der Waals surface area (Å²) in [5, 5.41) is 3.51. The maximum Gasteiger partial charge on any atom is 0.249 e. The van der Waals surface area contributed by atoms with Crippen molar-refractivity contribution in [1.82, 2.24) is 5.32 Å². The van der Waals surface area contributed by atoms with Gasteiger partial charge in [-0.1, -0.05) is 23.7 Å². The zero-order valence-electron chi connectivity index (χ0n) is 12.0. The number of hydrogen-bond acceptors (Lipinski definition) is 4. The maximum atomic E-state index is 12.1. The molecule has 3 N–H and O–H groups in total. The summed E-state index contributed by atoms with van der Waals surface area (Å²) in [5.41, 5.74) is 6.47. The summed E-state index contributed by atoms with van der Waals surface area (Å²) in [6.07, 6.45) is 0.890. The second-order valence-corrected chi connectivity index (χ2v) is 5.52. The summed E-state index contributed by atoms with van der Waals surface area (Å²) < 4.78 is 11.0. The van der Waals surface area contributed by atoms with Gasteiger partial charge in [-0.2, -0.15) is 0 Å². The number of carbonyl (C=O) groups is 1. The van der Waals surface area contributed by atoms with E-state index >= 15 is 0 Å². The van der Waals surface area contributed by atoms with E-state index < -0.39 is 6.10 Å². The molecule has 5 nitrogen and oxygen atoms in total. The summed E-state index contributed by atoms with van der Waals surface area (Å²) in [7, 11) is 1.61. The molecule has 1 amide bonds. The van der Waals surface area contributed by atoms with Gasteiger partial charge in [0.25, 0.3) is 0 Å². The van der Waals surface area contributed by atoms with E-state index in [9.17, 15) is 4.79 Å². The molecule has 116 valence electrons. The van der Waals surface area contributed by atoms with Gasteiger partial charge in [0.1, 0.15) is 6.10 Å². The van der Waals surface area contributed by atoms with Crippen molar-refractivity contribution in [2.24, 2.45) is 5.73 Å². The minimum absolute atomic E-state index is 0.00750. The first kappa shape index (κ1) is 16.2. The van der Waals surface area contributed by atoms with Crippen molar-refractivity contribution in [2.75, 3.05) is 20.2 Å². The average molecular weight is 313 g/mol. The molecule has 1 aromatic rings. The summed E-state index contributed by atoms with van der Waals surface area (Å²) in [4.78, 5) is 12.1. The van der Waals surface area contributed by atoms with Gasteiger partial charge < -0.3 is 20.5 Å². The molecule has 0 bridgehead atoms. The fourth-order valence-corrected chi connectivity index (χ4v) is 2.62. The Bertz CT molecular complexity index is 484. The second-order valence-electron chi connectivity index (χ2n) is 5.08. The van der Waals surface area contributed by atoms with Crippen LogP contribution in [-0.4, -0.2) is 38.3 Å². The Morgan fingerprint density at radius 3 is 3.00 bits per heavy atom. The molecule has 1 aliphatic rings. The average Bonchev–Trinajstić information content (AvgIpc) is 2.97. The number of nitrogens with two attached hydrogens (primary N) is 1. The first-order valence-electron chi connectivity index (χ1n) is 7.05. The van der Waals surface area contributed by atoms with Crippen LogP contribution in [0.5, 0.6) is 0 Å². The molecular weight excluding hydrogens is 292 g/mol. The molecule has 1 saturated heterocycles. The second kappa shape index (κ2) is 7.75. The number of rotatable bonds is 6. The lowest BCUT2D eigenvalue weighted by atomic mass is 10.1. The maximum absolute atomic E-state index is 12.1. The minimum Gasteiger partial charge on any atom is -0.375 e. The SMILES string of the molecule is COC(CNC(=O)[C@@H]1CC[C@H](CN)O1)c1cccc(Cl)c1. The van der Waals surface area contributed by atoms with Crippen LogP contribution in [-0.2, 0) is 14.3 Å². The van der Waals surface area contributed by atoms with E-state index in [0.717, 1.165) is 12.0 Å². The number of halogens is 1. The lowest BCUT2D eigenvalue weighted by Gasteiger charge is -2.18. The van der Waals surface area contributed by atoms with E-state index in [1.165, 1.54) is 0 Å². The number of nitrogens with one attached hydrogen (secondary N) is 1. The van der Waals surface area contributed by atoms with E-state index in [1.54, 1.807) is 13.2 Å². The molecule has 0 spiro atoms. The standard InChI is InChI=1S/C15H21ClN2O3/c1-20-14(10-3-2-4-11(16)7-10)9-18-15(19)13-6-5-12(8-17)21-13/h2-4,7,12-14H,5-6,8-9,17H2,1H3,(H,18,19)/t12-,13+,14?/m1/s1. The molecule has 3 atom stereocenters. The third kappa shape index (κ3) is 4.41. The van der Waals surface area contributed by atoms with Crippen molar-refractivity contribution in [2.45, 2.75) is 31.2 Å². The van der Waals surface area contributed by atoms with Crippen LogP contribution in [0, 0.1) is 0 Å². The zero-order chi connectivity index (χ0) is 15.2. The molecule has 1 aliphatic heterocycles. The van der Waals surface area contributed by atoms with E-state index in [1.807, 2.05) is 18.2 Å². The fraction of sp³-hybridized carbons (Fsp3) is 0.533. The Labute approximate surface area is 129 Å². The van der Waals surface area contributed by atoms with Gasteiger partial charge >= 0.3 is 0 Å². The zero-order valence-corrected chi connectivity index (χ0v) is 12.8. The third-order valence-corrected chi connectivity index (χ3v) is 3.86. The van der Waals surface area contributed by atoms with Gasteiger partial charge in [-0.3, -0.25) is 4.79 Å². The summed E-state index contributed by atoms with van der Waals surface area (Å²) in [6.45, 7) is 0.829. The highest BCUT2D eigenvalue weighted by atomic mass is 35.5. The van der Waals surface area contributed by atoms with Crippen LogP contribution in [0.25, 0.3) is 0 Å². The Kier molecular flexibility index (Phi) is 5.99. The first-order chi connectivity index (χ1) is 10.1. The molecular formula is C15H21ClN2O3. The molecule has 0 aromatic heterocycles. The van der Waals surface area contributed by atoms with Crippen LogP contribution >= 0.6 is 11.6 Å². The van der Waals surface area contributed by atoms with Crippen molar-refractivity contribution < 1.29 is 14.3 Å². The van der Waals surface area contributed by atoms with Gasteiger partial charge in [0.15, 0.2) is 0 Å². The van der Waals surface area contributed by atoms with Crippen LogP contribution in [0.15, 0.2) is 24.3 Å². The van der Waals surface area contributed by atoms with E-state index in [-0.39, 0.29) is 18.1 Å². The van der Waals surface area contributed by atoms with Gasteiger partial charge in [0, 0.05) is 25.2 Å². The topological polar surface area (TPSA) is 73.6 Å².